The summed E-state index contributed by atoms with van der Waals surface area (Å²) in [6.07, 6.45) is 1.63. The molecular weight excluding hydrogens is 404 g/mol. The Balaban J connectivity index is 1.71. The van der Waals surface area contributed by atoms with Crippen molar-refractivity contribution in [1.82, 2.24) is 0 Å². The van der Waals surface area contributed by atoms with Crippen LogP contribution in [0, 0.1) is 10.1 Å². The van der Waals surface area contributed by atoms with Crippen LogP contribution in [0.25, 0.3) is 11.1 Å². The molecule has 0 atom stereocenters. The Labute approximate surface area is 186 Å². The van der Waals surface area contributed by atoms with Gasteiger partial charge in [0.15, 0.2) is 0 Å². The first kappa shape index (κ1) is 21.4. The standard InChI is InChI=1S/C26H24N2O4/c1-4-26(5-2)23-15-19(17(3)27-32-25(29)18-9-7-6-8-10-18)11-13-21(23)22-14-12-20(28(30)31)16-24(22)26/h6-16H,4-5H2,1-3H3/b27-17+. The van der Waals surface area contributed by atoms with Gasteiger partial charge in [0.2, 0.25) is 0 Å². The lowest BCUT2D eigenvalue weighted by Gasteiger charge is -2.29. The SMILES string of the molecule is CCC1(CC)c2cc(/C(C)=N/OC(=O)c3ccccc3)ccc2-c2ccc([N+](=O)[O-])cc21. The summed E-state index contributed by atoms with van der Waals surface area (Å²) in [6, 6.07) is 19.9. The molecule has 6 nitrogen and oxygen atoms in total. The van der Waals surface area contributed by atoms with Gasteiger partial charge >= 0.3 is 5.97 Å². The molecule has 0 unspecified atom stereocenters. The fraction of sp³-hybridized carbons (Fsp3) is 0.231. The first-order valence-electron chi connectivity index (χ1n) is 10.7. The lowest BCUT2D eigenvalue weighted by atomic mass is 9.73. The van der Waals surface area contributed by atoms with Crippen molar-refractivity contribution in [2.75, 3.05) is 0 Å². The van der Waals surface area contributed by atoms with Crippen LogP contribution < -0.4 is 0 Å². The van der Waals surface area contributed by atoms with Crippen LogP contribution in [0.3, 0.4) is 0 Å². The largest absolute Gasteiger partial charge is 0.365 e. The third-order valence-corrected chi connectivity index (χ3v) is 6.45. The van der Waals surface area contributed by atoms with Gasteiger partial charge in [-0.15, -0.1) is 0 Å². The van der Waals surface area contributed by atoms with Crippen molar-refractivity contribution >= 4 is 17.4 Å². The summed E-state index contributed by atoms with van der Waals surface area (Å²) in [5, 5.41) is 15.4. The molecule has 1 aliphatic rings. The number of nitro groups is 1. The molecule has 0 aromatic heterocycles. The molecule has 0 heterocycles. The number of hydrogen-bond acceptors (Lipinski definition) is 5. The van der Waals surface area contributed by atoms with Crippen LogP contribution in [-0.2, 0) is 10.3 Å². The Morgan fingerprint density at radius 3 is 2.19 bits per heavy atom. The molecule has 6 heteroatoms. The number of benzene rings is 3. The zero-order valence-corrected chi connectivity index (χ0v) is 18.3. The van der Waals surface area contributed by atoms with Crippen LogP contribution in [0.5, 0.6) is 0 Å². The Morgan fingerprint density at radius 1 is 0.938 bits per heavy atom. The quantitative estimate of drug-likeness (QED) is 0.201. The summed E-state index contributed by atoms with van der Waals surface area (Å²) in [7, 11) is 0. The highest BCUT2D eigenvalue weighted by Crippen LogP contribution is 2.53. The van der Waals surface area contributed by atoms with E-state index >= 15 is 0 Å². The lowest BCUT2D eigenvalue weighted by Crippen LogP contribution is -2.23. The van der Waals surface area contributed by atoms with Crippen molar-refractivity contribution < 1.29 is 14.6 Å². The van der Waals surface area contributed by atoms with E-state index in [9.17, 15) is 14.9 Å². The number of carbonyl (C=O) groups is 1. The Bertz CT molecular complexity index is 1230. The topological polar surface area (TPSA) is 81.8 Å². The summed E-state index contributed by atoms with van der Waals surface area (Å²) in [4.78, 5) is 28.4. The van der Waals surface area contributed by atoms with Crippen LogP contribution in [0.2, 0.25) is 0 Å². The number of oxime groups is 1. The van der Waals surface area contributed by atoms with Gasteiger partial charge in [-0.25, -0.2) is 4.79 Å². The molecule has 0 saturated carbocycles. The van der Waals surface area contributed by atoms with Gasteiger partial charge in [-0.1, -0.05) is 49.3 Å². The molecule has 3 aromatic rings. The Hall–Kier alpha value is -3.80. The highest BCUT2D eigenvalue weighted by molar-refractivity contribution is 6.00. The van der Waals surface area contributed by atoms with Gasteiger partial charge in [-0.2, -0.15) is 0 Å². The number of non-ortho nitro benzene ring substituents is 1. The van der Waals surface area contributed by atoms with Crippen LogP contribution in [0.4, 0.5) is 5.69 Å². The number of nitro benzene ring substituents is 1. The molecule has 0 aliphatic heterocycles. The molecule has 162 valence electrons. The third kappa shape index (κ3) is 3.47. The second kappa shape index (κ2) is 8.38. The molecule has 0 saturated heterocycles. The average molecular weight is 428 g/mol. The summed E-state index contributed by atoms with van der Waals surface area (Å²) >= 11 is 0. The summed E-state index contributed by atoms with van der Waals surface area (Å²) in [5.74, 6) is -0.512. The second-order valence-electron chi connectivity index (χ2n) is 7.96. The lowest BCUT2D eigenvalue weighted by molar-refractivity contribution is -0.384. The van der Waals surface area contributed by atoms with E-state index in [-0.39, 0.29) is 16.0 Å². The number of rotatable bonds is 6. The molecule has 0 fully saturated rings. The fourth-order valence-electron chi connectivity index (χ4n) is 4.62. The predicted octanol–water partition coefficient (Wildman–Crippen LogP) is 6.26. The van der Waals surface area contributed by atoms with E-state index in [1.165, 1.54) is 0 Å². The van der Waals surface area contributed by atoms with Gasteiger partial charge in [0.25, 0.3) is 5.69 Å². The van der Waals surface area contributed by atoms with Crippen molar-refractivity contribution in [1.29, 1.82) is 0 Å². The maximum absolute atomic E-state index is 12.2. The molecule has 0 amide bonds. The Kier molecular flexibility index (Phi) is 5.61. The Morgan fingerprint density at radius 2 is 1.56 bits per heavy atom. The normalized spacial score (nSPS) is 13.9. The van der Waals surface area contributed by atoms with E-state index in [4.69, 9.17) is 4.84 Å². The average Bonchev–Trinajstić information content (AvgIpc) is 3.11. The first-order valence-corrected chi connectivity index (χ1v) is 10.7. The van der Waals surface area contributed by atoms with Crippen molar-refractivity contribution in [2.45, 2.75) is 39.0 Å². The predicted molar refractivity (Wildman–Crippen MR) is 124 cm³/mol. The highest BCUT2D eigenvalue weighted by atomic mass is 16.7. The van der Waals surface area contributed by atoms with Gasteiger partial charge in [0, 0.05) is 17.5 Å². The first-order chi connectivity index (χ1) is 15.4. The molecule has 1 aliphatic carbocycles. The molecule has 32 heavy (non-hydrogen) atoms. The zero-order chi connectivity index (χ0) is 22.9. The van der Waals surface area contributed by atoms with Crippen molar-refractivity contribution in [3.63, 3.8) is 0 Å². The molecule has 0 N–H and O–H groups in total. The second-order valence-corrected chi connectivity index (χ2v) is 7.96. The van der Waals surface area contributed by atoms with Crippen molar-refractivity contribution in [3.8, 4) is 11.1 Å². The third-order valence-electron chi connectivity index (χ3n) is 6.45. The van der Waals surface area contributed by atoms with Crippen LogP contribution >= 0.6 is 0 Å². The number of carbonyl (C=O) groups excluding carboxylic acids is 1. The monoisotopic (exact) mass is 428 g/mol. The molecule has 3 aromatic carbocycles. The van der Waals surface area contributed by atoms with E-state index in [0.717, 1.165) is 40.7 Å². The maximum Gasteiger partial charge on any atom is 0.365 e. The van der Waals surface area contributed by atoms with Crippen molar-refractivity contribution in [2.24, 2.45) is 5.16 Å². The van der Waals surface area contributed by atoms with E-state index in [1.54, 1.807) is 43.3 Å². The highest BCUT2D eigenvalue weighted by Gasteiger charge is 2.41. The number of nitrogens with zero attached hydrogens (tertiary/aromatic N) is 2. The van der Waals surface area contributed by atoms with Gasteiger partial charge in [-0.05, 0) is 71.8 Å². The van der Waals surface area contributed by atoms with E-state index in [2.05, 4.69) is 25.1 Å². The van der Waals surface area contributed by atoms with Crippen molar-refractivity contribution in [3.05, 3.63) is 99.1 Å². The van der Waals surface area contributed by atoms with E-state index < -0.39 is 5.97 Å². The molecular formula is C26H24N2O4. The van der Waals surface area contributed by atoms with Gasteiger partial charge in [0.1, 0.15) is 0 Å². The minimum atomic E-state index is -0.512. The summed E-state index contributed by atoms with van der Waals surface area (Å²) in [6.45, 7) is 6.01. The van der Waals surface area contributed by atoms with E-state index in [1.807, 2.05) is 24.3 Å². The smallest absolute Gasteiger partial charge is 0.313 e. The molecule has 0 spiro atoms. The maximum atomic E-state index is 12.2. The zero-order valence-electron chi connectivity index (χ0n) is 18.3. The minimum Gasteiger partial charge on any atom is -0.313 e. The molecule has 0 radical (unpaired) electrons. The minimum absolute atomic E-state index is 0.105. The summed E-state index contributed by atoms with van der Waals surface area (Å²) in [5.41, 5.74) is 5.89. The molecule has 4 rings (SSSR count). The fourth-order valence-corrected chi connectivity index (χ4v) is 4.62. The molecule has 0 bridgehead atoms. The number of fused-ring (bicyclic) bond motifs is 3. The van der Waals surface area contributed by atoms with Crippen LogP contribution in [-0.4, -0.2) is 16.6 Å². The summed E-state index contributed by atoms with van der Waals surface area (Å²) < 4.78 is 0. The van der Waals surface area contributed by atoms with Gasteiger partial charge in [0.05, 0.1) is 16.2 Å². The van der Waals surface area contributed by atoms with Crippen LogP contribution in [0.1, 0.15) is 60.7 Å². The van der Waals surface area contributed by atoms with Gasteiger partial charge in [-0.3, -0.25) is 10.1 Å². The number of hydrogen-bond donors (Lipinski definition) is 0. The van der Waals surface area contributed by atoms with E-state index in [0.29, 0.717) is 11.3 Å². The van der Waals surface area contributed by atoms with Gasteiger partial charge < -0.3 is 4.84 Å². The van der Waals surface area contributed by atoms with Crippen LogP contribution in [0.15, 0.2) is 71.9 Å².